The van der Waals surface area contributed by atoms with Crippen LogP contribution >= 0.6 is 26.5 Å². The normalized spacial score (nSPS) is 14.0. The minimum atomic E-state index is -0.556. The Bertz CT molecular complexity index is 1030. The van der Waals surface area contributed by atoms with E-state index >= 15 is 0 Å². The Morgan fingerprint density at radius 2 is 1.06 bits per heavy atom. The van der Waals surface area contributed by atoms with Crippen molar-refractivity contribution in [3.05, 3.63) is 118 Å². The van der Waals surface area contributed by atoms with Gasteiger partial charge in [-0.15, -0.1) is 0 Å². The molecule has 4 heteroatoms. The van der Waals surface area contributed by atoms with E-state index in [1.807, 2.05) is 0 Å². The van der Waals surface area contributed by atoms with Gasteiger partial charge in [0.1, 0.15) is 0 Å². The van der Waals surface area contributed by atoms with Crippen LogP contribution in [0.3, 0.4) is 0 Å². The van der Waals surface area contributed by atoms with E-state index in [0.29, 0.717) is 5.92 Å². The van der Waals surface area contributed by atoms with Crippen molar-refractivity contribution < 1.29 is 17.0 Å². The molecule has 0 aliphatic heterocycles. The first kappa shape index (κ1) is 25.5. The molecule has 0 atom stereocenters. The number of hydrogen-bond donors (Lipinski definition) is 0. The second-order valence-electron chi connectivity index (χ2n) is 8.08. The summed E-state index contributed by atoms with van der Waals surface area (Å²) in [5.41, 5.74) is 8.93. The van der Waals surface area contributed by atoms with Crippen LogP contribution in [0.5, 0.6) is 0 Å². The molecule has 0 bridgehead atoms. The van der Waals surface area contributed by atoms with Crippen LogP contribution in [0.25, 0.3) is 0 Å². The Balaban J connectivity index is 0.000000913. The molecule has 1 aliphatic rings. The van der Waals surface area contributed by atoms with Gasteiger partial charge < -0.3 is 0 Å². The fourth-order valence-electron chi connectivity index (χ4n) is 4.49. The monoisotopic (exact) mass is 514 g/mol. The third-order valence-corrected chi connectivity index (χ3v) is 8.94. The van der Waals surface area contributed by atoms with Crippen LogP contribution in [-0.2, 0) is 23.2 Å². The Labute approximate surface area is 211 Å². The van der Waals surface area contributed by atoms with E-state index in [1.54, 1.807) is 0 Å². The van der Waals surface area contributed by atoms with Gasteiger partial charge in [-0.3, -0.25) is 0 Å². The molecule has 0 aromatic heterocycles. The zero-order chi connectivity index (χ0) is 23.1. The fourth-order valence-corrected chi connectivity index (χ4v) is 6.85. The Morgan fingerprint density at radius 3 is 1.53 bits per heavy atom. The van der Waals surface area contributed by atoms with Gasteiger partial charge in [0.2, 0.25) is 0 Å². The van der Waals surface area contributed by atoms with Gasteiger partial charge in [-0.05, 0) is 68.5 Å². The molecule has 0 radical (unpaired) electrons. The van der Waals surface area contributed by atoms with E-state index in [0.717, 1.165) is 6.16 Å². The van der Waals surface area contributed by atoms with E-state index in [1.165, 1.54) is 44.0 Å². The molecule has 0 unspecified atom stereocenters. The molecule has 0 N–H and O–H groups in total. The molecule has 0 spiro atoms. The summed E-state index contributed by atoms with van der Waals surface area (Å²) in [6, 6.07) is 31.2. The van der Waals surface area contributed by atoms with Gasteiger partial charge >= 0.3 is 35.6 Å². The second-order valence-corrected chi connectivity index (χ2v) is 12.9. The Morgan fingerprint density at radius 1 is 0.656 bits per heavy atom. The molecule has 0 saturated carbocycles. The number of hydrogen-bond acceptors (Lipinski definition) is 0. The summed E-state index contributed by atoms with van der Waals surface area (Å²) in [7, 11) is 9.34. The Hall–Kier alpha value is -1.14. The third kappa shape index (κ3) is 5.86. The van der Waals surface area contributed by atoms with Crippen LogP contribution < -0.4 is 10.6 Å². The van der Waals surface area contributed by atoms with Gasteiger partial charge in [-0.2, -0.15) is 0 Å². The third-order valence-electron chi connectivity index (χ3n) is 6.44. The van der Waals surface area contributed by atoms with E-state index in [4.69, 9.17) is 18.6 Å². The van der Waals surface area contributed by atoms with Crippen LogP contribution in [0.15, 0.2) is 107 Å². The SMILES string of the molecule is CC1=C(C)C(c2ccccc2CP(c2ccccc2)c2ccccc2)C(C)=C1C.[Cl][Ti][Cl]. The maximum absolute atomic E-state index is 4.89. The summed E-state index contributed by atoms with van der Waals surface area (Å²) < 4.78 is 0. The van der Waals surface area contributed by atoms with Crippen LogP contribution in [0.4, 0.5) is 0 Å². The van der Waals surface area contributed by atoms with Crippen molar-refractivity contribution in [2.45, 2.75) is 39.8 Å². The fraction of sp³-hybridized carbons (Fsp3) is 0.214. The first-order chi connectivity index (χ1) is 15.5. The number of benzene rings is 3. The summed E-state index contributed by atoms with van der Waals surface area (Å²) in [5, 5.41) is 2.89. The predicted octanol–water partition coefficient (Wildman–Crippen LogP) is 8.47. The van der Waals surface area contributed by atoms with Gasteiger partial charge in [-0.1, -0.05) is 96.1 Å². The number of allylic oxidation sites excluding steroid dienone is 4. The van der Waals surface area contributed by atoms with Crippen LogP contribution in [0.1, 0.15) is 44.7 Å². The van der Waals surface area contributed by atoms with Crippen molar-refractivity contribution in [1.29, 1.82) is 0 Å². The van der Waals surface area contributed by atoms with Gasteiger partial charge in [0, 0.05) is 12.1 Å². The number of halogens is 2. The van der Waals surface area contributed by atoms with E-state index in [9.17, 15) is 0 Å². The number of rotatable bonds is 5. The average molecular weight is 515 g/mol. The van der Waals surface area contributed by atoms with Crippen molar-refractivity contribution >= 4 is 37.1 Å². The van der Waals surface area contributed by atoms with E-state index in [-0.39, 0.29) is 0 Å². The van der Waals surface area contributed by atoms with E-state index < -0.39 is 25.0 Å². The van der Waals surface area contributed by atoms with Gasteiger partial charge in [0.25, 0.3) is 0 Å². The topological polar surface area (TPSA) is 0 Å². The maximum atomic E-state index is 4.89. The van der Waals surface area contributed by atoms with Crippen molar-refractivity contribution in [2.75, 3.05) is 0 Å². The standard InChI is InChI=1S/C28H29P.2ClH.Ti/c1-20-21(2)23(4)28(22(20)3)27-18-12-11-13-24(27)19-29(25-14-7-5-8-15-25)26-16-9-6-10-17-26;;;/h5-18,28H,19H2,1-4H3;2*1H;/q;;;+2/p-2. The molecule has 4 rings (SSSR count). The summed E-state index contributed by atoms with van der Waals surface area (Å²) in [4.78, 5) is 0. The molecule has 164 valence electrons. The summed E-state index contributed by atoms with van der Waals surface area (Å²) in [5.74, 6) is 0.426. The van der Waals surface area contributed by atoms with Crippen LogP contribution in [-0.4, -0.2) is 0 Å². The van der Waals surface area contributed by atoms with Crippen LogP contribution in [0, 0.1) is 0 Å². The average Bonchev–Trinajstić information content (AvgIpc) is 3.02. The zero-order valence-electron chi connectivity index (χ0n) is 19.1. The molecule has 0 fully saturated rings. The first-order valence-corrected chi connectivity index (χ1v) is 16.6. The molecular weight excluding hydrogens is 486 g/mol. The van der Waals surface area contributed by atoms with E-state index in [2.05, 4.69) is 113 Å². The molecule has 0 saturated heterocycles. The predicted molar refractivity (Wildman–Crippen MR) is 140 cm³/mol. The zero-order valence-corrected chi connectivity index (χ0v) is 23.0. The van der Waals surface area contributed by atoms with Gasteiger partial charge in [-0.25, -0.2) is 0 Å². The van der Waals surface area contributed by atoms with Crippen LogP contribution in [0.2, 0.25) is 0 Å². The molecule has 0 heterocycles. The summed E-state index contributed by atoms with van der Waals surface area (Å²) >= 11 is -0.556. The Kier molecular flexibility index (Phi) is 9.85. The van der Waals surface area contributed by atoms with Crippen molar-refractivity contribution in [3.63, 3.8) is 0 Å². The molecule has 1 aliphatic carbocycles. The summed E-state index contributed by atoms with van der Waals surface area (Å²) in [6.07, 6.45) is 1.08. The molecule has 32 heavy (non-hydrogen) atoms. The molecule has 3 aromatic carbocycles. The van der Waals surface area contributed by atoms with Crippen molar-refractivity contribution in [3.8, 4) is 0 Å². The van der Waals surface area contributed by atoms with Crippen molar-refractivity contribution in [2.24, 2.45) is 0 Å². The van der Waals surface area contributed by atoms with Crippen molar-refractivity contribution in [1.82, 2.24) is 0 Å². The molecular formula is C28H29Cl2PTi. The quantitative estimate of drug-likeness (QED) is 0.236. The summed E-state index contributed by atoms with van der Waals surface area (Å²) in [6.45, 7) is 9.18. The second kappa shape index (κ2) is 12.4. The molecule has 0 nitrogen and oxygen atoms in total. The minimum absolute atomic E-state index is 0.426. The molecule has 0 amide bonds. The molecule has 3 aromatic rings. The van der Waals surface area contributed by atoms with Gasteiger partial charge in [0.05, 0.1) is 0 Å². The first-order valence-electron chi connectivity index (χ1n) is 10.8. The van der Waals surface area contributed by atoms with Gasteiger partial charge in [0.15, 0.2) is 0 Å².